The lowest BCUT2D eigenvalue weighted by Crippen LogP contribution is -2.62. The van der Waals surface area contributed by atoms with Crippen molar-refractivity contribution in [3.05, 3.63) is 35.9 Å². The van der Waals surface area contributed by atoms with E-state index in [0.717, 1.165) is 5.56 Å². The normalized spacial score (nSPS) is 29.3. The van der Waals surface area contributed by atoms with Gasteiger partial charge in [0.15, 0.2) is 34.5 Å². The molecule has 4 rings (SSSR count). The van der Waals surface area contributed by atoms with Gasteiger partial charge >= 0.3 is 6.09 Å². The van der Waals surface area contributed by atoms with Gasteiger partial charge in [0.05, 0.1) is 18.8 Å². The van der Waals surface area contributed by atoms with Gasteiger partial charge < -0.3 is 42.6 Å². The van der Waals surface area contributed by atoms with E-state index in [4.69, 9.17) is 37.3 Å². The van der Waals surface area contributed by atoms with Gasteiger partial charge in [-0.05, 0) is 69.5 Å². The van der Waals surface area contributed by atoms with Crippen molar-refractivity contribution in [2.75, 3.05) is 6.61 Å². The lowest BCUT2D eigenvalue weighted by atomic mass is 9.95. The summed E-state index contributed by atoms with van der Waals surface area (Å²) in [4.78, 5) is 13.7. The second-order valence-corrected chi connectivity index (χ2v) is 26.4. The number of amides is 1. The molecule has 0 radical (unpaired) electrons. The summed E-state index contributed by atoms with van der Waals surface area (Å²) in [6.07, 6.45) is -4.21. The summed E-state index contributed by atoms with van der Waals surface area (Å²) in [5, 5.41) is 2.97. The zero-order valence-corrected chi connectivity index (χ0v) is 32.5. The Morgan fingerprint density at radius 3 is 2.02 bits per heavy atom. The first-order valence-corrected chi connectivity index (χ1v) is 22.4. The predicted octanol–water partition coefficient (Wildman–Crippen LogP) is 7.09. The fourth-order valence-electron chi connectivity index (χ4n) is 5.47. The quantitative estimate of drug-likeness (QED) is 0.259. The van der Waals surface area contributed by atoms with Crippen molar-refractivity contribution in [2.24, 2.45) is 0 Å². The summed E-state index contributed by atoms with van der Waals surface area (Å²) in [7, 11) is -4.74. The average Bonchev–Trinajstić information content (AvgIpc) is 3.53. The van der Waals surface area contributed by atoms with Crippen LogP contribution in [0.1, 0.15) is 74.8 Å². The van der Waals surface area contributed by atoms with Crippen LogP contribution in [-0.2, 0) is 43.9 Å². The average molecular weight is 682 g/mol. The molecule has 10 nitrogen and oxygen atoms in total. The van der Waals surface area contributed by atoms with Crippen LogP contribution in [0.2, 0.25) is 36.3 Å². The van der Waals surface area contributed by atoms with Crippen LogP contribution >= 0.6 is 0 Å². The van der Waals surface area contributed by atoms with E-state index in [2.05, 4.69) is 73.0 Å². The molecule has 3 fully saturated rings. The Bertz CT molecular complexity index is 1200. The molecule has 0 unspecified atom stereocenters. The first-order chi connectivity index (χ1) is 20.9. The molecule has 46 heavy (non-hydrogen) atoms. The number of benzene rings is 1. The van der Waals surface area contributed by atoms with Crippen molar-refractivity contribution in [3.8, 4) is 0 Å². The van der Waals surface area contributed by atoms with E-state index in [1.54, 1.807) is 0 Å². The molecule has 1 aromatic rings. The topological polar surface area (TPSA) is 103 Å². The number of fused-ring (bicyclic) bond motifs is 1. The Morgan fingerprint density at radius 1 is 0.891 bits per heavy atom. The Labute approximate surface area is 278 Å². The summed E-state index contributed by atoms with van der Waals surface area (Å²) in [6, 6.07) is 8.83. The fraction of sp³-hybridized carbons (Fsp3) is 0.794. The molecule has 3 aliphatic heterocycles. The maximum absolute atomic E-state index is 13.7. The number of carbonyl (C=O) groups excluding carboxylic acids is 1. The lowest BCUT2D eigenvalue weighted by Gasteiger charge is -2.44. The van der Waals surface area contributed by atoms with E-state index in [0.29, 0.717) is 0 Å². The van der Waals surface area contributed by atoms with Crippen molar-refractivity contribution in [2.45, 2.75) is 167 Å². The molecule has 3 heterocycles. The number of nitrogens with one attached hydrogen (secondary N) is 1. The number of hydrogen-bond donors (Lipinski definition) is 1. The van der Waals surface area contributed by atoms with Crippen LogP contribution in [0.4, 0.5) is 4.79 Å². The van der Waals surface area contributed by atoms with Gasteiger partial charge in [-0.25, -0.2) is 4.79 Å². The van der Waals surface area contributed by atoms with Crippen LogP contribution in [0.3, 0.4) is 0 Å². The predicted molar refractivity (Wildman–Crippen MR) is 181 cm³/mol. The van der Waals surface area contributed by atoms with Gasteiger partial charge in [0.1, 0.15) is 31.0 Å². The smallest absolute Gasteiger partial charge is 0.407 e. The molecule has 0 aliphatic carbocycles. The van der Waals surface area contributed by atoms with Crippen LogP contribution in [0.25, 0.3) is 0 Å². The highest BCUT2D eigenvalue weighted by atomic mass is 28.4. The molecule has 7 atom stereocenters. The monoisotopic (exact) mass is 681 g/mol. The first-order valence-electron chi connectivity index (χ1n) is 16.6. The molecular weight excluding hydrogens is 623 g/mol. The van der Waals surface area contributed by atoms with E-state index >= 15 is 0 Å². The Kier molecular flexibility index (Phi) is 10.7. The van der Waals surface area contributed by atoms with Gasteiger partial charge in [0.25, 0.3) is 0 Å². The van der Waals surface area contributed by atoms with Gasteiger partial charge in [-0.3, -0.25) is 0 Å². The second-order valence-electron chi connectivity index (χ2n) is 16.9. The first kappa shape index (κ1) is 37.5. The molecule has 0 bridgehead atoms. The highest BCUT2D eigenvalue weighted by Gasteiger charge is 2.62. The lowest BCUT2D eigenvalue weighted by molar-refractivity contribution is -0.223. The summed E-state index contributed by atoms with van der Waals surface area (Å²) in [6.45, 7) is 29.8. The van der Waals surface area contributed by atoms with Gasteiger partial charge in [-0.1, -0.05) is 71.9 Å². The van der Waals surface area contributed by atoms with Crippen molar-refractivity contribution in [1.82, 2.24) is 5.32 Å². The standard InChI is InChI=1S/C34H59NO9Si2/c1-31(2,3)45(11,12)43-25(23-21-38-33(7,8)40-23)24(35-30(36)37-20-22-18-16-15-17-19-22)26-27-28(42-34(9,10)41-27)29(39-26)44-46(13,14)32(4,5)6/h15-19,23-29H,20-21H2,1-14H3,(H,35,36)/t23-,24+,25+,26-,27-,28-,29-/m1/s1. The summed E-state index contributed by atoms with van der Waals surface area (Å²) < 4.78 is 52.1. The third-order valence-corrected chi connectivity index (χ3v) is 19.0. The van der Waals surface area contributed by atoms with Crippen LogP contribution < -0.4 is 5.32 Å². The van der Waals surface area contributed by atoms with Crippen molar-refractivity contribution in [1.29, 1.82) is 0 Å². The summed E-state index contributed by atoms with van der Waals surface area (Å²) >= 11 is 0. The van der Waals surface area contributed by atoms with Gasteiger partial charge in [0.2, 0.25) is 0 Å². The third-order valence-electron chi connectivity index (χ3n) is 10.1. The number of carbonyl (C=O) groups is 1. The molecule has 0 saturated carbocycles. The van der Waals surface area contributed by atoms with Crippen LogP contribution in [-0.4, -0.2) is 83.8 Å². The fourth-order valence-corrected chi connectivity index (χ4v) is 7.93. The molecule has 12 heteroatoms. The number of alkyl carbamates (subject to hydrolysis) is 1. The molecule has 1 aromatic carbocycles. The maximum atomic E-state index is 13.7. The Balaban J connectivity index is 1.74. The van der Waals surface area contributed by atoms with Gasteiger partial charge in [-0.2, -0.15) is 0 Å². The molecule has 262 valence electrons. The van der Waals surface area contributed by atoms with Gasteiger partial charge in [-0.15, -0.1) is 0 Å². The van der Waals surface area contributed by atoms with E-state index < -0.39 is 77.2 Å². The van der Waals surface area contributed by atoms with Crippen molar-refractivity contribution in [3.63, 3.8) is 0 Å². The van der Waals surface area contributed by atoms with E-state index in [9.17, 15) is 4.79 Å². The van der Waals surface area contributed by atoms with Gasteiger partial charge in [0, 0.05) is 0 Å². The maximum Gasteiger partial charge on any atom is 0.407 e. The molecule has 0 aromatic heterocycles. The highest BCUT2D eigenvalue weighted by Crippen LogP contribution is 2.46. The van der Waals surface area contributed by atoms with E-state index in [1.165, 1.54) is 0 Å². The van der Waals surface area contributed by atoms with E-state index in [-0.39, 0.29) is 23.3 Å². The molecule has 0 spiro atoms. The molecule has 3 aliphatic rings. The van der Waals surface area contributed by atoms with Crippen LogP contribution in [0.15, 0.2) is 30.3 Å². The van der Waals surface area contributed by atoms with Crippen LogP contribution in [0.5, 0.6) is 0 Å². The number of rotatable bonds is 10. The summed E-state index contributed by atoms with van der Waals surface area (Å²) in [5.74, 6) is -1.70. The minimum atomic E-state index is -2.44. The highest BCUT2D eigenvalue weighted by molar-refractivity contribution is 6.74. The number of ether oxygens (including phenoxy) is 6. The zero-order chi connectivity index (χ0) is 34.5. The molecular formula is C34H59NO9Si2. The van der Waals surface area contributed by atoms with E-state index in [1.807, 2.05) is 58.0 Å². The SMILES string of the molecule is CC1(C)O[C@@H]2[C@@H]([C@@H](NC(=O)OCc3ccccc3)[C@@H](O[Si](C)(C)C(C)(C)C)[C@H]3COC(C)(C)O3)O[C@H](O[Si](C)(C)C(C)(C)C)[C@@H]2O1. The largest absolute Gasteiger partial charge is 0.445 e. The minimum absolute atomic E-state index is 0.0631. The molecule has 1 N–H and O–H groups in total. The van der Waals surface area contributed by atoms with Crippen molar-refractivity contribution >= 4 is 22.7 Å². The summed E-state index contributed by atoms with van der Waals surface area (Å²) in [5.41, 5.74) is 0.881. The second kappa shape index (κ2) is 13.2. The molecule has 1 amide bonds. The van der Waals surface area contributed by atoms with Crippen molar-refractivity contribution < 1.29 is 42.1 Å². The third kappa shape index (κ3) is 8.62. The zero-order valence-electron chi connectivity index (χ0n) is 30.5. The van der Waals surface area contributed by atoms with Crippen LogP contribution in [0, 0.1) is 0 Å². The Hall–Kier alpha value is -1.36. The number of hydrogen-bond acceptors (Lipinski definition) is 9. The Morgan fingerprint density at radius 2 is 1.48 bits per heavy atom. The molecule has 3 saturated heterocycles. The minimum Gasteiger partial charge on any atom is -0.445 e.